The Labute approximate surface area is 162 Å². The Hall–Kier alpha value is -2.96. The third kappa shape index (κ3) is 4.47. The number of halogens is 2. The molecule has 0 radical (unpaired) electrons. The molecule has 0 spiro atoms. The molecule has 0 atom stereocenters. The van der Waals surface area contributed by atoms with Crippen molar-refractivity contribution in [1.82, 2.24) is 4.90 Å². The number of rotatable bonds is 5. The van der Waals surface area contributed by atoms with Gasteiger partial charge in [0.1, 0.15) is 0 Å². The van der Waals surface area contributed by atoms with Gasteiger partial charge in [0, 0.05) is 36.9 Å². The van der Waals surface area contributed by atoms with Gasteiger partial charge < -0.3 is 10.2 Å². The third-order valence-corrected chi connectivity index (χ3v) is 4.64. The first kappa shape index (κ1) is 19.8. The Kier molecular flexibility index (Phi) is 5.92. The molecule has 1 aliphatic rings. The molecule has 1 fully saturated rings. The van der Waals surface area contributed by atoms with Gasteiger partial charge in [-0.25, -0.2) is 13.6 Å². The van der Waals surface area contributed by atoms with Crippen molar-refractivity contribution in [3.05, 3.63) is 59.7 Å². The van der Waals surface area contributed by atoms with Crippen LogP contribution < -0.4 is 10.2 Å². The summed E-state index contributed by atoms with van der Waals surface area (Å²) in [5.41, 5.74) is 1.94. The number of hydrogen-bond acceptors (Lipinski definition) is 2. The van der Waals surface area contributed by atoms with E-state index in [4.69, 9.17) is 0 Å². The summed E-state index contributed by atoms with van der Waals surface area (Å²) in [6.07, 6.45) is 0.765. The maximum absolute atomic E-state index is 13.4. The van der Waals surface area contributed by atoms with Gasteiger partial charge in [-0.1, -0.05) is 19.9 Å². The van der Waals surface area contributed by atoms with Crippen LogP contribution in [0.15, 0.2) is 42.5 Å². The summed E-state index contributed by atoms with van der Waals surface area (Å²) in [6.45, 7) is 4.98. The van der Waals surface area contributed by atoms with Gasteiger partial charge in [0.05, 0.1) is 0 Å². The molecule has 148 valence electrons. The van der Waals surface area contributed by atoms with E-state index in [1.807, 2.05) is 13.8 Å². The number of benzene rings is 2. The van der Waals surface area contributed by atoms with E-state index in [1.54, 1.807) is 34.1 Å². The quantitative estimate of drug-likeness (QED) is 0.827. The van der Waals surface area contributed by atoms with E-state index >= 15 is 0 Å². The predicted molar refractivity (Wildman–Crippen MR) is 104 cm³/mol. The number of urea groups is 1. The lowest BCUT2D eigenvalue weighted by atomic mass is 10.1. The Morgan fingerprint density at radius 3 is 2.43 bits per heavy atom. The smallest absolute Gasteiger partial charge is 0.324 e. The van der Waals surface area contributed by atoms with Crippen LogP contribution in [0.25, 0.3) is 0 Å². The number of hydrogen-bond donors (Lipinski definition) is 1. The van der Waals surface area contributed by atoms with Gasteiger partial charge in [0.2, 0.25) is 5.91 Å². The highest BCUT2D eigenvalue weighted by atomic mass is 19.2. The summed E-state index contributed by atoms with van der Waals surface area (Å²) >= 11 is 0. The number of nitrogens with one attached hydrogen (secondary N) is 1. The summed E-state index contributed by atoms with van der Waals surface area (Å²) in [6, 6.07) is 10.6. The van der Waals surface area contributed by atoms with Gasteiger partial charge >= 0.3 is 6.03 Å². The Balaban J connectivity index is 1.69. The minimum absolute atomic E-state index is 0.0699. The van der Waals surface area contributed by atoms with Crippen molar-refractivity contribution in [2.75, 3.05) is 23.3 Å². The fourth-order valence-corrected chi connectivity index (χ4v) is 3.04. The Morgan fingerprint density at radius 2 is 1.79 bits per heavy atom. The lowest BCUT2D eigenvalue weighted by Gasteiger charge is -2.35. The number of nitrogens with zero attached hydrogens (tertiary/aromatic N) is 2. The topological polar surface area (TPSA) is 52.7 Å². The number of anilines is 2. The molecule has 0 unspecified atom stereocenters. The molecular formula is C21H23F2N3O2. The van der Waals surface area contributed by atoms with Crippen molar-refractivity contribution in [3.63, 3.8) is 0 Å². The van der Waals surface area contributed by atoms with E-state index in [0.29, 0.717) is 24.3 Å². The van der Waals surface area contributed by atoms with Crippen molar-refractivity contribution < 1.29 is 18.4 Å². The summed E-state index contributed by atoms with van der Waals surface area (Å²) in [4.78, 5) is 27.9. The fraction of sp³-hybridized carbons (Fsp3) is 0.333. The molecule has 1 heterocycles. The zero-order chi connectivity index (χ0) is 20.3. The Bertz CT molecular complexity index is 868. The molecule has 0 bridgehead atoms. The first-order valence-electron chi connectivity index (χ1n) is 9.26. The molecule has 28 heavy (non-hydrogen) atoms. The van der Waals surface area contributed by atoms with Gasteiger partial charge in [-0.3, -0.25) is 9.69 Å². The van der Waals surface area contributed by atoms with Crippen LogP contribution in [0.1, 0.15) is 25.8 Å². The number of amides is 3. The summed E-state index contributed by atoms with van der Waals surface area (Å²) < 4.78 is 26.5. The van der Waals surface area contributed by atoms with Crippen LogP contribution in [0.3, 0.4) is 0 Å². The van der Waals surface area contributed by atoms with Gasteiger partial charge in [0.25, 0.3) is 0 Å². The molecule has 1 N–H and O–H groups in total. The van der Waals surface area contributed by atoms with Crippen molar-refractivity contribution in [2.24, 2.45) is 5.92 Å². The van der Waals surface area contributed by atoms with Crippen LogP contribution in [0.5, 0.6) is 0 Å². The second-order valence-corrected chi connectivity index (χ2v) is 7.15. The summed E-state index contributed by atoms with van der Waals surface area (Å²) in [5, 5.41) is 2.82. The molecular weight excluding hydrogens is 364 g/mol. The van der Waals surface area contributed by atoms with Crippen molar-refractivity contribution in [2.45, 2.75) is 26.8 Å². The molecule has 0 aromatic heterocycles. The molecule has 7 heteroatoms. The molecule has 3 rings (SSSR count). The van der Waals surface area contributed by atoms with Crippen LogP contribution in [0, 0.1) is 17.6 Å². The second-order valence-electron chi connectivity index (χ2n) is 7.15. The van der Waals surface area contributed by atoms with Crippen LogP contribution >= 0.6 is 0 Å². The highest BCUT2D eigenvalue weighted by Gasteiger charge is 2.27. The first-order valence-corrected chi connectivity index (χ1v) is 9.26. The van der Waals surface area contributed by atoms with Crippen molar-refractivity contribution >= 4 is 23.3 Å². The molecule has 3 amide bonds. The van der Waals surface area contributed by atoms with Crippen LogP contribution in [-0.2, 0) is 11.3 Å². The standard InChI is InChI=1S/C21H23F2N3O2/c1-14(2)20(27)24-16-5-7-17(8-6-16)26-11-3-10-25(21(26)28)13-15-4-9-18(22)19(23)12-15/h4-9,12,14H,3,10-11,13H2,1-2H3,(H,24,27). The molecule has 0 saturated carbocycles. The van der Waals surface area contributed by atoms with Crippen molar-refractivity contribution in [3.8, 4) is 0 Å². The summed E-state index contributed by atoms with van der Waals surface area (Å²) in [7, 11) is 0. The van der Waals surface area contributed by atoms with Gasteiger partial charge in [-0.15, -0.1) is 0 Å². The monoisotopic (exact) mass is 387 g/mol. The molecule has 2 aromatic carbocycles. The van der Waals surface area contributed by atoms with Gasteiger partial charge in [-0.2, -0.15) is 0 Å². The van der Waals surface area contributed by atoms with E-state index in [0.717, 1.165) is 24.2 Å². The van der Waals surface area contributed by atoms with E-state index in [-0.39, 0.29) is 24.4 Å². The highest BCUT2D eigenvalue weighted by Crippen LogP contribution is 2.24. The average molecular weight is 387 g/mol. The van der Waals surface area contributed by atoms with Crippen molar-refractivity contribution in [1.29, 1.82) is 0 Å². The van der Waals surface area contributed by atoms with E-state index in [9.17, 15) is 18.4 Å². The molecule has 2 aromatic rings. The molecule has 1 saturated heterocycles. The second kappa shape index (κ2) is 8.37. The maximum Gasteiger partial charge on any atom is 0.324 e. The zero-order valence-electron chi connectivity index (χ0n) is 15.9. The lowest BCUT2D eigenvalue weighted by molar-refractivity contribution is -0.118. The highest BCUT2D eigenvalue weighted by molar-refractivity contribution is 5.94. The van der Waals surface area contributed by atoms with Crippen LogP contribution in [-0.4, -0.2) is 29.9 Å². The zero-order valence-corrected chi connectivity index (χ0v) is 15.9. The number of carbonyl (C=O) groups is 2. The van der Waals surface area contributed by atoms with Gasteiger partial charge in [-0.05, 0) is 48.4 Å². The maximum atomic E-state index is 13.4. The summed E-state index contributed by atoms with van der Waals surface area (Å²) in [5.74, 6) is -2.01. The number of carbonyl (C=O) groups excluding carboxylic acids is 2. The van der Waals surface area contributed by atoms with E-state index in [2.05, 4.69) is 5.32 Å². The third-order valence-electron chi connectivity index (χ3n) is 4.64. The SMILES string of the molecule is CC(C)C(=O)Nc1ccc(N2CCCN(Cc3ccc(F)c(F)c3)C2=O)cc1. The average Bonchev–Trinajstić information content (AvgIpc) is 2.67. The van der Waals surface area contributed by atoms with E-state index in [1.165, 1.54) is 6.07 Å². The first-order chi connectivity index (χ1) is 13.3. The van der Waals surface area contributed by atoms with Crippen LogP contribution in [0.2, 0.25) is 0 Å². The minimum atomic E-state index is -0.919. The normalized spacial score (nSPS) is 14.5. The van der Waals surface area contributed by atoms with E-state index < -0.39 is 11.6 Å². The molecule has 1 aliphatic heterocycles. The predicted octanol–water partition coefficient (Wildman–Crippen LogP) is 4.39. The Morgan fingerprint density at radius 1 is 1.07 bits per heavy atom. The minimum Gasteiger partial charge on any atom is -0.326 e. The lowest BCUT2D eigenvalue weighted by Crippen LogP contribution is -2.49. The molecule has 0 aliphatic carbocycles. The van der Waals surface area contributed by atoms with Gasteiger partial charge in [0.15, 0.2) is 11.6 Å². The fourth-order valence-electron chi connectivity index (χ4n) is 3.04. The molecule has 5 nitrogen and oxygen atoms in total. The largest absolute Gasteiger partial charge is 0.326 e. The van der Waals surface area contributed by atoms with Crippen LogP contribution in [0.4, 0.5) is 25.0 Å².